The van der Waals surface area contributed by atoms with E-state index in [0.717, 1.165) is 13.0 Å². The van der Waals surface area contributed by atoms with Crippen molar-refractivity contribution in [3.05, 3.63) is 70.8 Å². The molecular formula is C18H23N. The maximum absolute atomic E-state index is 3.32. The highest BCUT2D eigenvalue weighted by Gasteiger charge is 2.11. The van der Waals surface area contributed by atoms with E-state index in [1.165, 1.54) is 22.3 Å². The van der Waals surface area contributed by atoms with Crippen LogP contribution in [-0.2, 0) is 6.42 Å². The smallest absolute Gasteiger partial charge is 0.00203 e. The number of nitrogens with one attached hydrogen (secondary N) is 1. The maximum Gasteiger partial charge on any atom is 0.00203 e. The molecule has 0 radical (unpaired) electrons. The van der Waals surface area contributed by atoms with Crippen LogP contribution in [0.4, 0.5) is 0 Å². The third kappa shape index (κ3) is 3.93. The summed E-state index contributed by atoms with van der Waals surface area (Å²) in [5.41, 5.74) is 5.55. The predicted molar refractivity (Wildman–Crippen MR) is 82.7 cm³/mol. The Balaban J connectivity index is 2.21. The van der Waals surface area contributed by atoms with E-state index >= 15 is 0 Å². The number of hydrogen-bond donors (Lipinski definition) is 1. The molecule has 0 amide bonds. The van der Waals surface area contributed by atoms with Gasteiger partial charge in [0.1, 0.15) is 0 Å². The minimum Gasteiger partial charge on any atom is -0.319 e. The molecule has 1 N–H and O–H groups in total. The summed E-state index contributed by atoms with van der Waals surface area (Å²) in [5.74, 6) is 0.535. The van der Waals surface area contributed by atoms with E-state index in [1.54, 1.807) is 0 Å². The second-order valence-electron chi connectivity index (χ2n) is 5.37. The minimum atomic E-state index is 0.535. The monoisotopic (exact) mass is 253 g/mol. The average molecular weight is 253 g/mol. The largest absolute Gasteiger partial charge is 0.319 e. The summed E-state index contributed by atoms with van der Waals surface area (Å²) >= 11 is 0. The molecule has 0 aliphatic carbocycles. The van der Waals surface area contributed by atoms with Crippen LogP contribution in [-0.4, -0.2) is 13.6 Å². The molecule has 0 aliphatic heterocycles. The predicted octanol–water partition coefficient (Wildman–Crippen LogP) is 3.85. The van der Waals surface area contributed by atoms with Gasteiger partial charge in [0, 0.05) is 12.5 Å². The molecule has 2 aromatic rings. The van der Waals surface area contributed by atoms with E-state index in [0.29, 0.717) is 5.92 Å². The summed E-state index contributed by atoms with van der Waals surface area (Å²) in [6.45, 7) is 5.36. The molecule has 0 aliphatic rings. The van der Waals surface area contributed by atoms with Crippen LogP contribution in [0.15, 0.2) is 48.5 Å². The lowest BCUT2D eigenvalue weighted by Gasteiger charge is -2.18. The Bertz CT molecular complexity index is 496. The van der Waals surface area contributed by atoms with E-state index in [9.17, 15) is 0 Å². The van der Waals surface area contributed by atoms with Gasteiger partial charge >= 0.3 is 0 Å². The molecule has 0 saturated heterocycles. The highest BCUT2D eigenvalue weighted by Crippen LogP contribution is 2.21. The van der Waals surface area contributed by atoms with Gasteiger partial charge in [0.15, 0.2) is 0 Å². The van der Waals surface area contributed by atoms with Gasteiger partial charge in [0.05, 0.1) is 0 Å². The van der Waals surface area contributed by atoms with Gasteiger partial charge in [0.2, 0.25) is 0 Å². The van der Waals surface area contributed by atoms with Crippen LogP contribution in [0.2, 0.25) is 0 Å². The molecule has 0 bridgehead atoms. The summed E-state index contributed by atoms with van der Waals surface area (Å²) in [4.78, 5) is 0. The molecule has 0 saturated carbocycles. The molecule has 2 rings (SSSR count). The first-order valence-corrected chi connectivity index (χ1v) is 6.96. The topological polar surface area (TPSA) is 12.0 Å². The Morgan fingerprint density at radius 1 is 0.947 bits per heavy atom. The zero-order valence-electron chi connectivity index (χ0n) is 12.1. The van der Waals surface area contributed by atoms with Gasteiger partial charge in [-0.25, -0.2) is 0 Å². The Hall–Kier alpha value is -1.60. The third-order valence-corrected chi connectivity index (χ3v) is 3.49. The highest BCUT2D eigenvalue weighted by molar-refractivity contribution is 5.31. The van der Waals surface area contributed by atoms with E-state index in [-0.39, 0.29) is 0 Å². The molecule has 0 fully saturated rings. The molecule has 2 aromatic carbocycles. The minimum absolute atomic E-state index is 0.535. The van der Waals surface area contributed by atoms with Crippen LogP contribution >= 0.6 is 0 Å². The second kappa shape index (κ2) is 6.53. The number of rotatable bonds is 5. The number of aryl methyl sites for hydroxylation is 2. The van der Waals surface area contributed by atoms with Crippen LogP contribution in [0.5, 0.6) is 0 Å². The fourth-order valence-corrected chi connectivity index (χ4v) is 2.75. The second-order valence-corrected chi connectivity index (χ2v) is 5.37. The SMILES string of the molecule is CNCC(Cc1cc(C)cc(C)c1)c1ccccc1. The molecular weight excluding hydrogens is 230 g/mol. The first-order valence-electron chi connectivity index (χ1n) is 6.96. The molecule has 1 nitrogen and oxygen atoms in total. The number of hydrogen-bond acceptors (Lipinski definition) is 1. The Labute approximate surface area is 116 Å². The molecule has 100 valence electrons. The Morgan fingerprint density at radius 2 is 1.58 bits per heavy atom. The van der Waals surface area contributed by atoms with Crippen molar-refractivity contribution in [2.45, 2.75) is 26.2 Å². The van der Waals surface area contributed by atoms with Crippen molar-refractivity contribution in [2.24, 2.45) is 0 Å². The molecule has 0 spiro atoms. The van der Waals surface area contributed by atoms with Crippen molar-refractivity contribution in [2.75, 3.05) is 13.6 Å². The van der Waals surface area contributed by atoms with Crippen molar-refractivity contribution in [3.8, 4) is 0 Å². The van der Waals surface area contributed by atoms with Crippen molar-refractivity contribution >= 4 is 0 Å². The standard InChI is InChI=1S/C18H23N/c1-14-9-15(2)11-16(10-14)12-18(13-19-3)17-7-5-4-6-8-17/h4-11,18-19H,12-13H2,1-3H3. The number of likely N-dealkylation sites (N-methyl/N-ethyl adjacent to an activating group) is 1. The van der Waals surface area contributed by atoms with Gasteiger partial charge in [-0.3, -0.25) is 0 Å². The fraction of sp³-hybridized carbons (Fsp3) is 0.333. The molecule has 0 heterocycles. The van der Waals surface area contributed by atoms with Crippen LogP contribution < -0.4 is 5.32 Å². The first kappa shape index (κ1) is 13.8. The lowest BCUT2D eigenvalue weighted by Crippen LogP contribution is -2.19. The highest BCUT2D eigenvalue weighted by atomic mass is 14.8. The van der Waals surface area contributed by atoms with Crippen LogP contribution in [0.3, 0.4) is 0 Å². The van der Waals surface area contributed by atoms with E-state index < -0.39 is 0 Å². The molecule has 0 aromatic heterocycles. The quantitative estimate of drug-likeness (QED) is 0.853. The molecule has 1 heteroatoms. The van der Waals surface area contributed by atoms with Gasteiger partial charge in [-0.2, -0.15) is 0 Å². The van der Waals surface area contributed by atoms with E-state index in [4.69, 9.17) is 0 Å². The fourth-order valence-electron chi connectivity index (χ4n) is 2.75. The van der Waals surface area contributed by atoms with Crippen LogP contribution in [0, 0.1) is 13.8 Å². The Kier molecular flexibility index (Phi) is 4.75. The third-order valence-electron chi connectivity index (χ3n) is 3.49. The summed E-state index contributed by atoms with van der Waals surface area (Å²) in [6, 6.07) is 17.6. The summed E-state index contributed by atoms with van der Waals surface area (Å²) in [7, 11) is 2.03. The van der Waals surface area contributed by atoms with Gasteiger partial charge in [0.25, 0.3) is 0 Å². The van der Waals surface area contributed by atoms with Crippen molar-refractivity contribution in [3.63, 3.8) is 0 Å². The van der Waals surface area contributed by atoms with Crippen LogP contribution in [0.25, 0.3) is 0 Å². The van der Waals surface area contributed by atoms with Crippen molar-refractivity contribution in [1.82, 2.24) is 5.32 Å². The summed E-state index contributed by atoms with van der Waals surface area (Å²) < 4.78 is 0. The van der Waals surface area contributed by atoms with Gasteiger partial charge in [-0.05, 0) is 38.4 Å². The normalized spacial score (nSPS) is 12.4. The van der Waals surface area contributed by atoms with Crippen molar-refractivity contribution < 1.29 is 0 Å². The molecule has 19 heavy (non-hydrogen) atoms. The Morgan fingerprint density at radius 3 is 2.16 bits per heavy atom. The summed E-state index contributed by atoms with van der Waals surface area (Å²) in [6.07, 6.45) is 1.09. The zero-order valence-corrected chi connectivity index (χ0v) is 12.1. The number of benzene rings is 2. The lowest BCUT2D eigenvalue weighted by atomic mass is 9.91. The molecule has 1 unspecified atom stereocenters. The first-order chi connectivity index (χ1) is 9.19. The van der Waals surface area contributed by atoms with Gasteiger partial charge < -0.3 is 5.32 Å². The van der Waals surface area contributed by atoms with E-state index in [1.807, 2.05) is 7.05 Å². The van der Waals surface area contributed by atoms with E-state index in [2.05, 4.69) is 67.7 Å². The van der Waals surface area contributed by atoms with Gasteiger partial charge in [-0.15, -0.1) is 0 Å². The van der Waals surface area contributed by atoms with Crippen LogP contribution in [0.1, 0.15) is 28.2 Å². The maximum atomic E-state index is 3.32. The van der Waals surface area contributed by atoms with Gasteiger partial charge in [-0.1, -0.05) is 59.7 Å². The summed E-state index contributed by atoms with van der Waals surface area (Å²) in [5, 5.41) is 3.32. The van der Waals surface area contributed by atoms with Crippen molar-refractivity contribution in [1.29, 1.82) is 0 Å². The zero-order chi connectivity index (χ0) is 13.7. The average Bonchev–Trinajstić information content (AvgIpc) is 2.38. The lowest BCUT2D eigenvalue weighted by molar-refractivity contribution is 0.625. The molecule has 1 atom stereocenters.